The molecule has 3 aromatic rings. The Morgan fingerprint density at radius 1 is 1.12 bits per heavy atom. The molecule has 0 unspecified atom stereocenters. The number of carboxylic acids is 1. The van der Waals surface area contributed by atoms with E-state index in [2.05, 4.69) is 15.6 Å². The van der Waals surface area contributed by atoms with Crippen molar-refractivity contribution in [3.05, 3.63) is 76.6 Å². The van der Waals surface area contributed by atoms with Crippen molar-refractivity contribution in [3.63, 3.8) is 0 Å². The third kappa shape index (κ3) is 6.83. The second kappa shape index (κ2) is 11.2. The van der Waals surface area contributed by atoms with E-state index >= 15 is 0 Å². The molecule has 5 N–H and O–H groups in total. The van der Waals surface area contributed by atoms with Gasteiger partial charge in [0.15, 0.2) is 5.69 Å². The number of amides is 2. The Morgan fingerprint density at radius 2 is 1.88 bits per heavy atom. The third-order valence-electron chi connectivity index (χ3n) is 4.45. The number of nitrogens with two attached hydrogens (primary N) is 1. The molecule has 172 valence electrons. The van der Waals surface area contributed by atoms with Gasteiger partial charge in [0.2, 0.25) is 0 Å². The average Bonchev–Trinajstić information content (AvgIpc) is 2.80. The molecule has 1 aromatic heterocycles. The maximum Gasteiger partial charge on any atom is 0.354 e. The van der Waals surface area contributed by atoms with Crippen LogP contribution in [0.15, 0.2) is 54.7 Å². The number of ether oxygens (including phenoxy) is 2. The highest BCUT2D eigenvalue weighted by Gasteiger charge is 2.11. The van der Waals surface area contributed by atoms with Crippen LogP contribution in [0.1, 0.15) is 21.6 Å². The highest BCUT2D eigenvalue weighted by atomic mass is 35.5. The molecule has 10 heteroatoms. The Kier molecular flexibility index (Phi) is 8.06. The number of hydrogen-bond acceptors (Lipinski definition) is 6. The lowest BCUT2D eigenvalue weighted by atomic mass is 10.2. The molecular formula is C23H23ClN4O5. The third-order valence-corrected chi connectivity index (χ3v) is 4.85. The molecule has 0 radical (unpaired) electrons. The fourth-order valence-electron chi connectivity index (χ4n) is 2.80. The van der Waals surface area contributed by atoms with Crippen LogP contribution in [0.4, 0.5) is 10.5 Å². The molecule has 0 fully saturated rings. The predicted molar refractivity (Wildman–Crippen MR) is 124 cm³/mol. The van der Waals surface area contributed by atoms with Crippen LogP contribution >= 0.6 is 11.6 Å². The number of aryl methyl sites for hydroxylation is 1. The number of carbonyl (C=O) groups is 2. The summed E-state index contributed by atoms with van der Waals surface area (Å²) in [7, 11) is 0. The molecule has 1 heterocycles. The first kappa shape index (κ1) is 23.8. The molecular weight excluding hydrogens is 448 g/mol. The maximum absolute atomic E-state index is 12.4. The normalized spacial score (nSPS) is 10.4. The summed E-state index contributed by atoms with van der Waals surface area (Å²) in [5.74, 6) is 0.185. The van der Waals surface area contributed by atoms with Gasteiger partial charge in [-0.2, -0.15) is 0 Å². The Hall–Kier alpha value is -3.82. The predicted octanol–water partition coefficient (Wildman–Crippen LogP) is 4.19. The van der Waals surface area contributed by atoms with Gasteiger partial charge in [-0.15, -0.1) is 0 Å². The molecule has 0 bridgehead atoms. The summed E-state index contributed by atoms with van der Waals surface area (Å²) in [6, 6.07) is 12.9. The Balaban J connectivity index is 1.57. The monoisotopic (exact) mass is 470 g/mol. The van der Waals surface area contributed by atoms with E-state index < -0.39 is 12.0 Å². The summed E-state index contributed by atoms with van der Waals surface area (Å²) in [6.07, 6.45) is 1.37. The fourth-order valence-corrected chi connectivity index (χ4v) is 2.95. The second-order valence-electron chi connectivity index (χ2n) is 6.97. The van der Waals surface area contributed by atoms with Crippen LogP contribution < -0.4 is 25.8 Å². The molecule has 0 atom stereocenters. The Morgan fingerprint density at radius 3 is 2.58 bits per heavy atom. The number of hydrogen-bond donors (Lipinski definition) is 4. The SMILES string of the molecule is Cc1cc(NC(=O)NCc2ccc(Oc3ccnc(C(=O)O)c3)cc2)c(OCCN)cc1Cl. The number of carbonyl (C=O) groups excluding carboxylic acids is 1. The highest BCUT2D eigenvalue weighted by Crippen LogP contribution is 2.31. The molecule has 2 amide bonds. The van der Waals surface area contributed by atoms with Gasteiger partial charge in [0.05, 0.1) is 5.69 Å². The zero-order valence-corrected chi connectivity index (χ0v) is 18.6. The van der Waals surface area contributed by atoms with Crippen LogP contribution in [-0.4, -0.2) is 35.2 Å². The summed E-state index contributed by atoms with van der Waals surface area (Å²) in [5.41, 5.74) is 7.51. The first-order valence-electron chi connectivity index (χ1n) is 9.99. The molecule has 2 aromatic carbocycles. The van der Waals surface area contributed by atoms with E-state index in [1.165, 1.54) is 12.3 Å². The zero-order valence-electron chi connectivity index (χ0n) is 17.8. The standard InChI is InChI=1S/C23H23ClN4O5/c1-14-10-19(21(12-18(14)24)32-9-7-25)28-23(31)27-13-15-2-4-16(5-3-15)33-17-6-8-26-20(11-17)22(29)30/h2-6,8,10-12H,7,9,13,25H2,1H3,(H,29,30)(H2,27,28,31). The zero-order chi connectivity index (χ0) is 23.8. The summed E-state index contributed by atoms with van der Waals surface area (Å²) in [6.45, 7) is 2.73. The van der Waals surface area contributed by atoms with Crippen LogP contribution in [0.5, 0.6) is 17.2 Å². The van der Waals surface area contributed by atoms with E-state index in [-0.39, 0.29) is 12.2 Å². The van der Waals surface area contributed by atoms with Gasteiger partial charge in [-0.05, 0) is 42.3 Å². The number of nitrogens with zero attached hydrogens (tertiary/aromatic N) is 1. The number of urea groups is 1. The molecule has 0 spiro atoms. The van der Waals surface area contributed by atoms with Crippen molar-refractivity contribution in [2.75, 3.05) is 18.5 Å². The van der Waals surface area contributed by atoms with E-state index in [0.29, 0.717) is 41.1 Å². The molecule has 0 saturated carbocycles. The number of benzene rings is 2. The van der Waals surface area contributed by atoms with Crippen molar-refractivity contribution in [2.45, 2.75) is 13.5 Å². The number of anilines is 1. The lowest BCUT2D eigenvalue weighted by Crippen LogP contribution is -2.28. The van der Waals surface area contributed by atoms with Crippen LogP contribution in [0, 0.1) is 6.92 Å². The van der Waals surface area contributed by atoms with Crippen molar-refractivity contribution in [1.29, 1.82) is 0 Å². The number of aromatic nitrogens is 1. The van der Waals surface area contributed by atoms with Crippen LogP contribution in [0.25, 0.3) is 0 Å². The lowest BCUT2D eigenvalue weighted by Gasteiger charge is -2.15. The van der Waals surface area contributed by atoms with Gasteiger partial charge in [-0.1, -0.05) is 23.7 Å². The maximum atomic E-state index is 12.4. The molecule has 0 aliphatic heterocycles. The molecule has 3 rings (SSSR count). The van der Waals surface area contributed by atoms with Crippen molar-refractivity contribution in [2.24, 2.45) is 5.73 Å². The minimum absolute atomic E-state index is 0.105. The number of pyridine rings is 1. The quantitative estimate of drug-likeness (QED) is 0.368. The van der Waals surface area contributed by atoms with E-state index in [4.69, 9.17) is 31.9 Å². The van der Waals surface area contributed by atoms with Gasteiger partial charge in [-0.3, -0.25) is 0 Å². The van der Waals surface area contributed by atoms with Crippen molar-refractivity contribution in [3.8, 4) is 17.2 Å². The first-order chi connectivity index (χ1) is 15.9. The molecule has 9 nitrogen and oxygen atoms in total. The molecule has 0 aliphatic carbocycles. The fraction of sp³-hybridized carbons (Fsp3) is 0.174. The highest BCUT2D eigenvalue weighted by molar-refractivity contribution is 6.31. The lowest BCUT2D eigenvalue weighted by molar-refractivity contribution is 0.0690. The number of halogens is 1. The van der Waals surface area contributed by atoms with Gasteiger partial charge in [0.25, 0.3) is 0 Å². The van der Waals surface area contributed by atoms with Gasteiger partial charge in [0, 0.05) is 36.4 Å². The number of carboxylic acid groups (broad SMARTS) is 1. The topological polar surface area (TPSA) is 136 Å². The minimum Gasteiger partial charge on any atom is -0.490 e. The second-order valence-corrected chi connectivity index (χ2v) is 7.38. The van der Waals surface area contributed by atoms with E-state index in [9.17, 15) is 9.59 Å². The van der Waals surface area contributed by atoms with E-state index in [1.54, 1.807) is 42.5 Å². The van der Waals surface area contributed by atoms with Crippen molar-refractivity contribution < 1.29 is 24.2 Å². The summed E-state index contributed by atoms with van der Waals surface area (Å²) in [5, 5.41) is 15.1. The molecule has 33 heavy (non-hydrogen) atoms. The summed E-state index contributed by atoms with van der Waals surface area (Å²) >= 11 is 6.15. The Bertz CT molecular complexity index is 1140. The molecule has 0 aliphatic rings. The number of nitrogens with one attached hydrogen (secondary N) is 2. The molecule has 0 saturated heterocycles. The summed E-state index contributed by atoms with van der Waals surface area (Å²) < 4.78 is 11.2. The first-order valence-corrected chi connectivity index (χ1v) is 10.4. The van der Waals surface area contributed by atoms with Gasteiger partial charge in [-0.25, -0.2) is 14.6 Å². The van der Waals surface area contributed by atoms with E-state index in [1.807, 2.05) is 6.92 Å². The van der Waals surface area contributed by atoms with Gasteiger partial charge in [0.1, 0.15) is 23.9 Å². The minimum atomic E-state index is -1.13. The van der Waals surface area contributed by atoms with E-state index in [0.717, 1.165) is 11.1 Å². The smallest absolute Gasteiger partial charge is 0.354 e. The van der Waals surface area contributed by atoms with Crippen LogP contribution in [0.2, 0.25) is 5.02 Å². The van der Waals surface area contributed by atoms with Crippen LogP contribution in [-0.2, 0) is 6.54 Å². The largest absolute Gasteiger partial charge is 0.490 e. The van der Waals surface area contributed by atoms with Crippen LogP contribution in [0.3, 0.4) is 0 Å². The van der Waals surface area contributed by atoms with Crippen molar-refractivity contribution in [1.82, 2.24) is 10.3 Å². The number of rotatable bonds is 9. The van der Waals surface area contributed by atoms with Crippen molar-refractivity contribution >= 4 is 29.3 Å². The summed E-state index contributed by atoms with van der Waals surface area (Å²) in [4.78, 5) is 27.2. The Labute approximate surface area is 195 Å². The average molecular weight is 471 g/mol. The van der Waals surface area contributed by atoms with Gasteiger partial charge >= 0.3 is 12.0 Å². The number of aromatic carboxylic acids is 1. The van der Waals surface area contributed by atoms with Gasteiger partial charge < -0.3 is 30.9 Å².